The Kier molecular flexibility index (Phi) is 3.56. The van der Waals surface area contributed by atoms with Crippen LogP contribution in [0.2, 0.25) is 0 Å². The molecule has 1 aliphatic rings. The molecule has 1 saturated carbocycles. The average molecular weight is 198 g/mol. The van der Waals surface area contributed by atoms with Crippen molar-refractivity contribution in [3.8, 4) is 0 Å². The second-order valence-corrected chi connectivity index (χ2v) is 3.73. The second-order valence-electron chi connectivity index (χ2n) is 3.73. The minimum absolute atomic E-state index is 0.306. The van der Waals surface area contributed by atoms with Gasteiger partial charge in [-0.1, -0.05) is 19.3 Å². The van der Waals surface area contributed by atoms with Gasteiger partial charge in [-0.05, 0) is 18.8 Å². The van der Waals surface area contributed by atoms with Crippen molar-refractivity contribution in [2.75, 3.05) is 0 Å². The van der Waals surface area contributed by atoms with Gasteiger partial charge in [0.1, 0.15) is 6.17 Å². The number of hydrogen-bond donors (Lipinski definition) is 0. The fourth-order valence-corrected chi connectivity index (χ4v) is 1.87. The van der Waals surface area contributed by atoms with Crippen LogP contribution in [0.4, 0.5) is 17.6 Å². The Hall–Kier alpha value is -0.280. The molecule has 0 N–H and O–H groups in total. The first-order valence-corrected chi connectivity index (χ1v) is 4.70. The molecular formula is C9H14F4. The van der Waals surface area contributed by atoms with Crippen molar-refractivity contribution in [3.05, 3.63) is 0 Å². The van der Waals surface area contributed by atoms with E-state index in [0.717, 1.165) is 19.3 Å². The third-order valence-electron chi connectivity index (χ3n) is 2.56. The van der Waals surface area contributed by atoms with Gasteiger partial charge in [0.05, 0.1) is 0 Å². The summed E-state index contributed by atoms with van der Waals surface area (Å²) in [5, 5.41) is 0. The molecule has 0 aromatic rings. The Morgan fingerprint density at radius 2 is 1.62 bits per heavy atom. The van der Waals surface area contributed by atoms with Crippen molar-refractivity contribution in [1.29, 1.82) is 0 Å². The Bertz CT molecular complexity index is 152. The second kappa shape index (κ2) is 4.29. The summed E-state index contributed by atoms with van der Waals surface area (Å²) < 4.78 is 49.1. The molecule has 1 fully saturated rings. The van der Waals surface area contributed by atoms with Crippen LogP contribution in [-0.4, -0.2) is 12.3 Å². The molecule has 0 bridgehead atoms. The van der Waals surface area contributed by atoms with Crippen molar-refractivity contribution >= 4 is 0 Å². The van der Waals surface area contributed by atoms with Crippen LogP contribution in [0.1, 0.15) is 38.5 Å². The molecule has 0 heterocycles. The molecule has 0 aliphatic heterocycles. The van der Waals surface area contributed by atoms with Crippen LogP contribution in [0.5, 0.6) is 0 Å². The van der Waals surface area contributed by atoms with E-state index in [9.17, 15) is 17.6 Å². The lowest BCUT2D eigenvalue weighted by molar-refractivity contribution is -0.149. The highest BCUT2D eigenvalue weighted by atomic mass is 19.4. The number of hydrogen-bond acceptors (Lipinski definition) is 0. The Morgan fingerprint density at radius 3 is 2.23 bits per heavy atom. The van der Waals surface area contributed by atoms with Crippen LogP contribution in [0.3, 0.4) is 0 Å². The molecule has 0 spiro atoms. The Morgan fingerprint density at radius 1 is 1.00 bits per heavy atom. The Labute approximate surface area is 75.3 Å². The molecule has 0 nitrogen and oxygen atoms in total. The zero-order valence-electron chi connectivity index (χ0n) is 7.41. The van der Waals surface area contributed by atoms with Crippen molar-refractivity contribution in [3.63, 3.8) is 0 Å². The first-order chi connectivity index (χ1) is 5.99. The zero-order valence-corrected chi connectivity index (χ0v) is 7.41. The summed E-state index contributed by atoms with van der Waals surface area (Å²) in [4.78, 5) is 0. The van der Waals surface area contributed by atoms with E-state index >= 15 is 0 Å². The van der Waals surface area contributed by atoms with Gasteiger partial charge in [-0.15, -0.1) is 0 Å². The van der Waals surface area contributed by atoms with Crippen molar-refractivity contribution in [1.82, 2.24) is 0 Å². The van der Waals surface area contributed by atoms with E-state index in [1.807, 2.05) is 0 Å². The third-order valence-corrected chi connectivity index (χ3v) is 2.56. The highest BCUT2D eigenvalue weighted by molar-refractivity contribution is 4.75. The van der Waals surface area contributed by atoms with E-state index in [1.54, 1.807) is 0 Å². The Balaban J connectivity index is 2.45. The van der Waals surface area contributed by atoms with Gasteiger partial charge in [0.2, 0.25) is 0 Å². The lowest BCUT2D eigenvalue weighted by Crippen LogP contribution is -2.22. The smallest absolute Gasteiger partial charge is 0.247 e. The van der Waals surface area contributed by atoms with Crippen LogP contribution >= 0.6 is 0 Å². The van der Waals surface area contributed by atoms with Crippen LogP contribution in [0.25, 0.3) is 0 Å². The van der Waals surface area contributed by atoms with E-state index in [4.69, 9.17) is 0 Å². The number of halogens is 4. The molecule has 0 radical (unpaired) electrons. The minimum Gasteiger partial charge on any atom is -0.247 e. The van der Waals surface area contributed by atoms with E-state index in [2.05, 4.69) is 0 Å². The maximum atomic E-state index is 13.1. The predicted molar refractivity (Wildman–Crippen MR) is 42.1 cm³/mol. The van der Waals surface area contributed by atoms with Gasteiger partial charge in [-0.2, -0.15) is 13.2 Å². The highest BCUT2D eigenvalue weighted by Gasteiger charge is 2.36. The van der Waals surface area contributed by atoms with Crippen molar-refractivity contribution in [2.24, 2.45) is 5.92 Å². The van der Waals surface area contributed by atoms with Crippen molar-refractivity contribution in [2.45, 2.75) is 50.9 Å². The molecule has 13 heavy (non-hydrogen) atoms. The minimum atomic E-state index is -4.21. The molecular weight excluding hydrogens is 184 g/mol. The molecule has 1 aliphatic carbocycles. The monoisotopic (exact) mass is 198 g/mol. The van der Waals surface area contributed by atoms with E-state index in [1.165, 1.54) is 0 Å². The SMILES string of the molecule is FC1CCCCCC1CC(F)(F)F. The molecule has 2 unspecified atom stereocenters. The highest BCUT2D eigenvalue weighted by Crippen LogP contribution is 2.34. The van der Waals surface area contributed by atoms with Gasteiger partial charge < -0.3 is 0 Å². The zero-order chi connectivity index (χ0) is 9.90. The molecule has 0 saturated heterocycles. The normalized spacial score (nSPS) is 31.4. The summed E-state index contributed by atoms with van der Waals surface area (Å²) in [7, 11) is 0. The van der Waals surface area contributed by atoms with Gasteiger partial charge in [0, 0.05) is 6.42 Å². The lowest BCUT2D eigenvalue weighted by atomic mass is 9.95. The standard InChI is InChI=1S/C9H14F4/c10-8-5-3-1-2-4-7(8)6-9(11,12)13/h7-8H,1-6H2. The quantitative estimate of drug-likeness (QED) is 0.443. The van der Waals surface area contributed by atoms with E-state index in [0.29, 0.717) is 12.8 Å². The molecule has 4 heteroatoms. The van der Waals surface area contributed by atoms with Gasteiger partial charge in [-0.25, -0.2) is 4.39 Å². The van der Waals surface area contributed by atoms with E-state index in [-0.39, 0.29) is 0 Å². The van der Waals surface area contributed by atoms with Crippen LogP contribution < -0.4 is 0 Å². The molecule has 78 valence electrons. The van der Waals surface area contributed by atoms with Gasteiger partial charge in [0.25, 0.3) is 0 Å². The van der Waals surface area contributed by atoms with Gasteiger partial charge >= 0.3 is 6.18 Å². The van der Waals surface area contributed by atoms with Crippen molar-refractivity contribution < 1.29 is 17.6 Å². The van der Waals surface area contributed by atoms with Crippen LogP contribution in [0.15, 0.2) is 0 Å². The molecule has 0 amide bonds. The summed E-state index contributed by atoms with van der Waals surface area (Å²) in [5.74, 6) is -0.789. The van der Waals surface area contributed by atoms with Gasteiger partial charge in [0.15, 0.2) is 0 Å². The molecule has 0 aromatic carbocycles. The fraction of sp³-hybridized carbons (Fsp3) is 1.00. The van der Waals surface area contributed by atoms with Crippen LogP contribution in [-0.2, 0) is 0 Å². The fourth-order valence-electron chi connectivity index (χ4n) is 1.87. The third kappa shape index (κ3) is 3.96. The summed E-state index contributed by atoms with van der Waals surface area (Å²) in [6.07, 6.45) is -3.37. The predicted octanol–water partition coefficient (Wildman–Crippen LogP) is 3.86. The average Bonchev–Trinajstić information content (AvgIpc) is 2.14. The molecule has 1 rings (SSSR count). The first kappa shape index (κ1) is 10.8. The number of alkyl halides is 4. The summed E-state index contributed by atoms with van der Waals surface area (Å²) in [6, 6.07) is 0. The van der Waals surface area contributed by atoms with Crippen LogP contribution in [0, 0.1) is 5.92 Å². The maximum absolute atomic E-state index is 13.1. The summed E-state index contributed by atoms with van der Waals surface area (Å²) in [6.45, 7) is 0. The summed E-state index contributed by atoms with van der Waals surface area (Å²) in [5.41, 5.74) is 0. The molecule has 2 atom stereocenters. The summed E-state index contributed by atoms with van der Waals surface area (Å²) >= 11 is 0. The topological polar surface area (TPSA) is 0 Å². The maximum Gasteiger partial charge on any atom is 0.389 e. The largest absolute Gasteiger partial charge is 0.389 e. The molecule has 0 aromatic heterocycles. The van der Waals surface area contributed by atoms with Gasteiger partial charge in [-0.3, -0.25) is 0 Å². The lowest BCUT2D eigenvalue weighted by Gasteiger charge is -2.19. The first-order valence-electron chi connectivity index (χ1n) is 4.70. The van der Waals surface area contributed by atoms with E-state index < -0.39 is 24.7 Å². The number of rotatable bonds is 1.